The Morgan fingerprint density at radius 1 is 1.18 bits per heavy atom. The van der Waals surface area contributed by atoms with Gasteiger partial charge in [0.25, 0.3) is 5.56 Å². The Morgan fingerprint density at radius 2 is 1.91 bits per heavy atom. The van der Waals surface area contributed by atoms with E-state index in [1.54, 1.807) is 22.8 Å². The van der Waals surface area contributed by atoms with Gasteiger partial charge >= 0.3 is 5.97 Å². The second kappa shape index (κ2) is 9.87. The third-order valence-corrected chi connectivity index (χ3v) is 6.78. The van der Waals surface area contributed by atoms with Crippen LogP contribution in [0.1, 0.15) is 30.5 Å². The summed E-state index contributed by atoms with van der Waals surface area (Å²) in [6.45, 7) is 1.92. The van der Waals surface area contributed by atoms with Gasteiger partial charge in [0.15, 0.2) is 16.3 Å². The second-order valence-corrected chi connectivity index (χ2v) is 8.85. The maximum atomic E-state index is 13.6. The third kappa shape index (κ3) is 4.15. The van der Waals surface area contributed by atoms with Crippen LogP contribution in [0.4, 0.5) is 0 Å². The molecule has 9 heteroatoms. The van der Waals surface area contributed by atoms with Crippen molar-refractivity contribution >= 4 is 35.0 Å². The van der Waals surface area contributed by atoms with Crippen LogP contribution in [0.2, 0.25) is 5.02 Å². The molecule has 0 saturated heterocycles. The van der Waals surface area contributed by atoms with Gasteiger partial charge in [-0.25, -0.2) is 9.79 Å². The van der Waals surface area contributed by atoms with E-state index in [1.807, 2.05) is 37.3 Å². The number of hydrogen-bond donors (Lipinski definition) is 0. The number of fused-ring (bicyclic) bond motifs is 1. The number of methoxy groups -OCH3 is 3. The van der Waals surface area contributed by atoms with Gasteiger partial charge in [-0.1, -0.05) is 60.2 Å². The van der Waals surface area contributed by atoms with Crippen molar-refractivity contribution in [1.82, 2.24) is 4.57 Å². The quantitative estimate of drug-likeness (QED) is 0.486. The SMILES string of the molecule is CCC1=C(C(=O)OC)[C@H](c2ccccc2)n2c(s/c(=C\c3cc(Cl)c(OC)c(OC)c3)c2=O)=N1. The average molecular weight is 499 g/mol. The molecule has 2 aromatic carbocycles. The molecule has 0 bridgehead atoms. The summed E-state index contributed by atoms with van der Waals surface area (Å²) in [4.78, 5) is 31.6. The lowest BCUT2D eigenvalue weighted by Gasteiger charge is -2.25. The number of esters is 1. The van der Waals surface area contributed by atoms with Crippen LogP contribution >= 0.6 is 22.9 Å². The van der Waals surface area contributed by atoms with E-state index in [-0.39, 0.29) is 5.56 Å². The van der Waals surface area contributed by atoms with E-state index in [0.717, 1.165) is 5.56 Å². The van der Waals surface area contributed by atoms with Gasteiger partial charge in [-0.05, 0) is 35.8 Å². The van der Waals surface area contributed by atoms with Gasteiger partial charge < -0.3 is 14.2 Å². The normalized spacial score (nSPS) is 15.6. The predicted octanol–water partition coefficient (Wildman–Crippen LogP) is 3.47. The Hall–Kier alpha value is -3.36. The fourth-order valence-electron chi connectivity index (χ4n) is 3.99. The van der Waals surface area contributed by atoms with Crippen molar-refractivity contribution in [2.45, 2.75) is 19.4 Å². The third-order valence-electron chi connectivity index (χ3n) is 5.52. The van der Waals surface area contributed by atoms with Crippen LogP contribution < -0.4 is 24.4 Å². The summed E-state index contributed by atoms with van der Waals surface area (Å²) in [5.74, 6) is 0.370. The maximum Gasteiger partial charge on any atom is 0.338 e. The van der Waals surface area contributed by atoms with E-state index >= 15 is 0 Å². The van der Waals surface area contributed by atoms with Crippen molar-refractivity contribution in [1.29, 1.82) is 0 Å². The fourth-order valence-corrected chi connectivity index (χ4v) is 5.30. The summed E-state index contributed by atoms with van der Waals surface area (Å²) in [5, 5.41) is 0.365. The Morgan fingerprint density at radius 3 is 2.53 bits per heavy atom. The molecule has 0 N–H and O–H groups in total. The van der Waals surface area contributed by atoms with E-state index in [0.29, 0.717) is 49.1 Å². The highest BCUT2D eigenvalue weighted by molar-refractivity contribution is 7.07. The lowest BCUT2D eigenvalue weighted by molar-refractivity contribution is -0.136. The smallest absolute Gasteiger partial charge is 0.338 e. The molecule has 176 valence electrons. The van der Waals surface area contributed by atoms with Gasteiger partial charge in [0.05, 0.1) is 48.2 Å². The molecule has 0 unspecified atom stereocenters. The molecule has 1 aromatic heterocycles. The minimum atomic E-state index is -0.643. The number of carbonyl (C=O) groups excluding carboxylic acids is 1. The first-order valence-corrected chi connectivity index (χ1v) is 11.7. The highest BCUT2D eigenvalue weighted by Gasteiger charge is 2.33. The number of allylic oxidation sites excluding steroid dienone is 1. The number of rotatable bonds is 6. The molecule has 1 atom stereocenters. The summed E-state index contributed by atoms with van der Waals surface area (Å²) in [7, 11) is 4.36. The topological polar surface area (TPSA) is 79.1 Å². The molecule has 4 rings (SSSR count). The molecule has 34 heavy (non-hydrogen) atoms. The van der Waals surface area contributed by atoms with Gasteiger partial charge in [0.1, 0.15) is 0 Å². The first-order valence-electron chi connectivity index (χ1n) is 10.5. The van der Waals surface area contributed by atoms with Crippen molar-refractivity contribution in [2.75, 3.05) is 21.3 Å². The first kappa shape index (κ1) is 23.8. The summed E-state index contributed by atoms with van der Waals surface area (Å²) in [6.07, 6.45) is 2.25. The minimum absolute atomic E-state index is 0.264. The predicted molar refractivity (Wildman–Crippen MR) is 131 cm³/mol. The average Bonchev–Trinajstić information content (AvgIpc) is 3.16. The van der Waals surface area contributed by atoms with Crippen LogP contribution in [0.15, 0.2) is 63.5 Å². The summed E-state index contributed by atoms with van der Waals surface area (Å²) >= 11 is 7.60. The zero-order valence-corrected chi connectivity index (χ0v) is 20.7. The Balaban J connectivity index is 1.98. The fraction of sp³-hybridized carbons (Fsp3) is 0.240. The van der Waals surface area contributed by atoms with Crippen molar-refractivity contribution in [3.63, 3.8) is 0 Å². The number of thiazole rings is 1. The van der Waals surface area contributed by atoms with Gasteiger partial charge in [-0.3, -0.25) is 9.36 Å². The molecule has 2 heterocycles. The van der Waals surface area contributed by atoms with Gasteiger partial charge in [0.2, 0.25) is 0 Å². The number of benzene rings is 2. The van der Waals surface area contributed by atoms with Crippen LogP contribution in [-0.2, 0) is 9.53 Å². The highest BCUT2D eigenvalue weighted by atomic mass is 35.5. The van der Waals surface area contributed by atoms with Gasteiger partial charge in [0, 0.05) is 0 Å². The molecule has 7 nitrogen and oxygen atoms in total. The van der Waals surface area contributed by atoms with Crippen LogP contribution in [0, 0.1) is 0 Å². The summed E-state index contributed by atoms with van der Waals surface area (Å²) < 4.78 is 17.8. The molecule has 0 aliphatic carbocycles. The Bertz CT molecular complexity index is 1460. The molecular formula is C25H23ClN2O5S. The van der Waals surface area contributed by atoms with Crippen LogP contribution in [0.5, 0.6) is 11.5 Å². The number of ether oxygens (including phenoxy) is 3. The van der Waals surface area contributed by atoms with E-state index in [2.05, 4.69) is 4.99 Å². The lowest BCUT2D eigenvalue weighted by atomic mass is 9.95. The minimum Gasteiger partial charge on any atom is -0.493 e. The monoisotopic (exact) mass is 498 g/mol. The van der Waals surface area contributed by atoms with Crippen molar-refractivity contribution in [3.05, 3.63) is 89.6 Å². The summed E-state index contributed by atoms with van der Waals surface area (Å²) in [6, 6.07) is 12.2. The van der Waals surface area contributed by atoms with E-state index in [4.69, 9.17) is 25.8 Å². The largest absolute Gasteiger partial charge is 0.493 e. The molecule has 0 radical (unpaired) electrons. The summed E-state index contributed by atoms with van der Waals surface area (Å²) in [5.41, 5.74) is 2.17. The number of nitrogens with zero attached hydrogens (tertiary/aromatic N) is 2. The standard InChI is InChI=1S/C25H23ClN2O5S/c1-5-17-20(24(30)33-4)21(15-9-7-6-8-10-15)28-23(29)19(34-25(28)27-17)13-14-11-16(26)22(32-3)18(12-14)31-2/h6-13,21H,5H2,1-4H3/b19-13-/t21-/m0/s1. The molecule has 0 amide bonds. The molecule has 3 aromatic rings. The molecule has 0 fully saturated rings. The first-order chi connectivity index (χ1) is 16.4. The van der Waals surface area contributed by atoms with Gasteiger partial charge in [-0.15, -0.1) is 0 Å². The van der Waals surface area contributed by atoms with E-state index in [9.17, 15) is 9.59 Å². The molecule has 0 spiro atoms. The number of hydrogen-bond acceptors (Lipinski definition) is 7. The number of carbonyl (C=O) groups is 1. The second-order valence-electron chi connectivity index (χ2n) is 7.44. The van der Waals surface area contributed by atoms with Crippen LogP contribution in [0.25, 0.3) is 6.08 Å². The number of halogens is 1. The van der Waals surface area contributed by atoms with Crippen LogP contribution in [-0.4, -0.2) is 31.9 Å². The molecule has 0 saturated carbocycles. The molecule has 1 aliphatic heterocycles. The van der Waals surface area contributed by atoms with Crippen LogP contribution in [0.3, 0.4) is 0 Å². The number of aromatic nitrogens is 1. The van der Waals surface area contributed by atoms with E-state index in [1.165, 1.54) is 32.7 Å². The Kier molecular flexibility index (Phi) is 6.90. The zero-order valence-electron chi connectivity index (χ0n) is 19.1. The molecular weight excluding hydrogens is 476 g/mol. The highest BCUT2D eigenvalue weighted by Crippen LogP contribution is 2.36. The zero-order chi connectivity index (χ0) is 24.4. The Labute approximate surface area is 205 Å². The van der Waals surface area contributed by atoms with Crippen molar-refractivity contribution in [3.8, 4) is 11.5 Å². The maximum absolute atomic E-state index is 13.6. The van der Waals surface area contributed by atoms with Crippen molar-refractivity contribution in [2.24, 2.45) is 4.99 Å². The molecule has 1 aliphatic rings. The van der Waals surface area contributed by atoms with Crippen molar-refractivity contribution < 1.29 is 19.0 Å². The van der Waals surface area contributed by atoms with E-state index < -0.39 is 12.0 Å². The lowest BCUT2D eigenvalue weighted by Crippen LogP contribution is -2.40. The van der Waals surface area contributed by atoms with Gasteiger partial charge in [-0.2, -0.15) is 0 Å².